The van der Waals surface area contributed by atoms with E-state index in [9.17, 15) is 5.11 Å². The first kappa shape index (κ1) is 14.7. The van der Waals surface area contributed by atoms with Gasteiger partial charge in [0.25, 0.3) is 0 Å². The summed E-state index contributed by atoms with van der Waals surface area (Å²) in [5.74, 6) is 0.100. The number of nitrogens with one attached hydrogen (secondary N) is 1. The van der Waals surface area contributed by atoms with Gasteiger partial charge in [0.05, 0.1) is 10.7 Å². The third kappa shape index (κ3) is 3.65. The molecule has 100 valence electrons. The molecule has 5 heteroatoms. The highest BCUT2D eigenvalue weighted by molar-refractivity contribution is 9.11. The van der Waals surface area contributed by atoms with E-state index in [1.807, 2.05) is 13.0 Å². The van der Waals surface area contributed by atoms with E-state index < -0.39 is 0 Å². The number of hydrogen-bond donors (Lipinski definition) is 2. The molecule has 0 aliphatic rings. The Bertz CT molecular complexity index is 593. The van der Waals surface area contributed by atoms with Crippen molar-refractivity contribution in [3.05, 3.63) is 55.4 Å². The van der Waals surface area contributed by atoms with Crippen LogP contribution in [-0.2, 0) is 6.54 Å². The highest BCUT2D eigenvalue weighted by Gasteiger charge is 2.06. The van der Waals surface area contributed by atoms with Crippen LogP contribution in [0, 0.1) is 6.92 Å². The van der Waals surface area contributed by atoms with Gasteiger partial charge < -0.3 is 10.4 Å². The van der Waals surface area contributed by atoms with Crippen LogP contribution in [0.2, 0.25) is 5.02 Å². The van der Waals surface area contributed by atoms with E-state index in [0.717, 1.165) is 20.2 Å². The Morgan fingerprint density at radius 1 is 1.16 bits per heavy atom. The van der Waals surface area contributed by atoms with E-state index in [1.165, 1.54) is 5.56 Å². The van der Waals surface area contributed by atoms with Gasteiger partial charge in [-0.15, -0.1) is 0 Å². The smallest absolute Gasteiger partial charge is 0.134 e. The van der Waals surface area contributed by atoms with Gasteiger partial charge in [0.15, 0.2) is 0 Å². The van der Waals surface area contributed by atoms with Crippen molar-refractivity contribution in [3.63, 3.8) is 0 Å². The predicted molar refractivity (Wildman–Crippen MR) is 87.0 cm³/mol. The zero-order chi connectivity index (χ0) is 14.0. The Morgan fingerprint density at radius 2 is 1.79 bits per heavy atom. The quantitative estimate of drug-likeness (QED) is 0.708. The molecule has 0 aliphatic carbocycles. The number of benzene rings is 2. The molecule has 2 nitrogen and oxygen atoms in total. The Kier molecular flexibility index (Phi) is 4.76. The molecule has 0 aromatic heterocycles. The third-order valence-corrected chi connectivity index (χ3v) is 4.22. The summed E-state index contributed by atoms with van der Waals surface area (Å²) in [6, 6.07) is 9.29. The Labute approximate surface area is 134 Å². The lowest BCUT2D eigenvalue weighted by Crippen LogP contribution is -2.01. The molecule has 0 spiro atoms. The van der Waals surface area contributed by atoms with Gasteiger partial charge in [-0.05, 0) is 74.2 Å². The van der Waals surface area contributed by atoms with Crippen molar-refractivity contribution in [3.8, 4) is 5.75 Å². The van der Waals surface area contributed by atoms with Gasteiger partial charge in [-0.2, -0.15) is 0 Å². The van der Waals surface area contributed by atoms with Gasteiger partial charge in [0, 0.05) is 15.5 Å². The molecule has 2 rings (SSSR count). The van der Waals surface area contributed by atoms with Gasteiger partial charge in [-0.25, -0.2) is 0 Å². The Balaban J connectivity index is 2.16. The Hall–Kier alpha value is -0.710. The topological polar surface area (TPSA) is 32.3 Å². The lowest BCUT2D eigenvalue weighted by atomic mass is 10.2. The normalized spacial score (nSPS) is 10.5. The van der Waals surface area contributed by atoms with Gasteiger partial charge in [0.2, 0.25) is 0 Å². The van der Waals surface area contributed by atoms with Crippen LogP contribution in [0.1, 0.15) is 11.1 Å². The summed E-state index contributed by atoms with van der Waals surface area (Å²) in [6.07, 6.45) is 0. The van der Waals surface area contributed by atoms with Crippen LogP contribution in [0.15, 0.2) is 39.3 Å². The van der Waals surface area contributed by atoms with Gasteiger partial charge in [-0.1, -0.05) is 17.7 Å². The molecule has 0 radical (unpaired) electrons. The second kappa shape index (κ2) is 6.16. The number of aromatic hydroxyl groups is 1. The average Bonchev–Trinajstić information content (AvgIpc) is 2.32. The number of anilines is 1. The molecule has 0 amide bonds. The van der Waals surface area contributed by atoms with Crippen molar-refractivity contribution in [1.82, 2.24) is 0 Å². The summed E-state index contributed by atoms with van der Waals surface area (Å²) in [5.41, 5.74) is 3.17. The molecule has 19 heavy (non-hydrogen) atoms. The number of aryl methyl sites for hydroxylation is 1. The van der Waals surface area contributed by atoms with Crippen molar-refractivity contribution in [2.24, 2.45) is 0 Å². The van der Waals surface area contributed by atoms with Crippen molar-refractivity contribution in [2.45, 2.75) is 13.5 Å². The molecule has 2 aromatic carbocycles. The van der Waals surface area contributed by atoms with Gasteiger partial charge in [-0.3, -0.25) is 0 Å². The van der Waals surface area contributed by atoms with E-state index in [0.29, 0.717) is 11.6 Å². The van der Waals surface area contributed by atoms with Crippen LogP contribution in [0.3, 0.4) is 0 Å². The van der Waals surface area contributed by atoms with Crippen LogP contribution in [-0.4, -0.2) is 5.11 Å². The maximum atomic E-state index is 9.38. The summed E-state index contributed by atoms with van der Waals surface area (Å²) >= 11 is 13.0. The number of halogens is 3. The first-order valence-electron chi connectivity index (χ1n) is 5.64. The molecule has 2 aromatic rings. The van der Waals surface area contributed by atoms with E-state index in [1.54, 1.807) is 12.1 Å². The van der Waals surface area contributed by atoms with E-state index in [-0.39, 0.29) is 5.75 Å². The highest BCUT2D eigenvalue weighted by Crippen LogP contribution is 2.33. The zero-order valence-corrected chi connectivity index (χ0v) is 14.1. The predicted octanol–water partition coefficient (Wildman–Crippen LogP) is 5.49. The first-order chi connectivity index (χ1) is 8.97. The first-order valence-corrected chi connectivity index (χ1v) is 7.60. The number of hydrogen-bond acceptors (Lipinski definition) is 2. The molecule has 0 bridgehead atoms. The number of phenols is 1. The summed E-state index contributed by atoms with van der Waals surface area (Å²) in [7, 11) is 0. The highest BCUT2D eigenvalue weighted by atomic mass is 79.9. The zero-order valence-electron chi connectivity index (χ0n) is 10.2. The largest absolute Gasteiger partial charge is 0.506 e. The minimum Gasteiger partial charge on any atom is -0.506 e. The van der Waals surface area contributed by atoms with E-state index in [2.05, 4.69) is 49.3 Å². The monoisotopic (exact) mass is 403 g/mol. The van der Waals surface area contributed by atoms with Gasteiger partial charge in [0.1, 0.15) is 5.75 Å². The standard InChI is InChI=1S/C14H12Br2ClNO/c1-8-4-10(15)14(11(16)5-8)18-7-9-2-3-13(19)12(17)6-9/h2-6,18-19H,7H2,1H3. The van der Waals surface area contributed by atoms with Crippen molar-refractivity contribution >= 4 is 49.1 Å². The molecule has 0 saturated carbocycles. The molecule has 0 heterocycles. The average molecular weight is 406 g/mol. The fourth-order valence-electron chi connectivity index (χ4n) is 1.72. The number of rotatable bonds is 3. The van der Waals surface area contributed by atoms with Crippen LogP contribution < -0.4 is 5.32 Å². The van der Waals surface area contributed by atoms with Crippen LogP contribution in [0.5, 0.6) is 5.75 Å². The van der Waals surface area contributed by atoms with Crippen LogP contribution >= 0.6 is 43.5 Å². The fraction of sp³-hybridized carbons (Fsp3) is 0.143. The molecule has 0 unspecified atom stereocenters. The molecular formula is C14H12Br2ClNO. The van der Waals surface area contributed by atoms with Crippen LogP contribution in [0.4, 0.5) is 5.69 Å². The number of phenolic OH excluding ortho intramolecular Hbond substituents is 1. The summed E-state index contributed by atoms with van der Waals surface area (Å²) in [6.45, 7) is 2.67. The maximum Gasteiger partial charge on any atom is 0.134 e. The van der Waals surface area contributed by atoms with E-state index in [4.69, 9.17) is 11.6 Å². The third-order valence-electron chi connectivity index (χ3n) is 2.67. The van der Waals surface area contributed by atoms with Gasteiger partial charge >= 0.3 is 0 Å². The minimum atomic E-state index is 0.100. The summed E-state index contributed by atoms with van der Waals surface area (Å²) in [4.78, 5) is 0. The molecule has 0 aliphatic heterocycles. The second-order valence-electron chi connectivity index (χ2n) is 4.24. The second-order valence-corrected chi connectivity index (χ2v) is 6.36. The maximum absolute atomic E-state index is 9.38. The minimum absolute atomic E-state index is 0.100. The lowest BCUT2D eigenvalue weighted by molar-refractivity contribution is 0.475. The van der Waals surface area contributed by atoms with Crippen molar-refractivity contribution in [1.29, 1.82) is 0 Å². The molecular weight excluding hydrogens is 393 g/mol. The molecule has 2 N–H and O–H groups in total. The molecule has 0 atom stereocenters. The lowest BCUT2D eigenvalue weighted by Gasteiger charge is -2.12. The summed E-state index contributed by atoms with van der Waals surface area (Å²) in [5, 5.41) is 13.1. The summed E-state index contributed by atoms with van der Waals surface area (Å²) < 4.78 is 2.01. The fourth-order valence-corrected chi connectivity index (χ4v) is 3.62. The van der Waals surface area contributed by atoms with E-state index >= 15 is 0 Å². The Morgan fingerprint density at radius 3 is 2.37 bits per heavy atom. The molecule has 0 saturated heterocycles. The SMILES string of the molecule is Cc1cc(Br)c(NCc2ccc(O)c(Cl)c2)c(Br)c1. The van der Waals surface area contributed by atoms with Crippen molar-refractivity contribution < 1.29 is 5.11 Å². The van der Waals surface area contributed by atoms with Crippen LogP contribution in [0.25, 0.3) is 0 Å². The molecule has 0 fully saturated rings. The van der Waals surface area contributed by atoms with Crippen molar-refractivity contribution in [2.75, 3.05) is 5.32 Å².